The van der Waals surface area contributed by atoms with Crippen LogP contribution < -0.4 is 20.1 Å². The SMILES string of the molecule is CC(C)(CNC(=O)CCC1CCNC1)c1ccc2c(c1)OCO2. The maximum absolute atomic E-state index is 12.1. The number of amides is 1. The predicted molar refractivity (Wildman–Crippen MR) is 88.8 cm³/mol. The molecule has 2 N–H and O–H groups in total. The highest BCUT2D eigenvalue weighted by atomic mass is 16.7. The number of nitrogens with one attached hydrogen (secondary N) is 2. The molecule has 2 heterocycles. The van der Waals surface area contributed by atoms with E-state index in [4.69, 9.17) is 9.47 Å². The van der Waals surface area contributed by atoms with Gasteiger partial charge in [0.1, 0.15) is 0 Å². The summed E-state index contributed by atoms with van der Waals surface area (Å²) in [6, 6.07) is 6.00. The van der Waals surface area contributed by atoms with E-state index >= 15 is 0 Å². The zero-order valence-corrected chi connectivity index (χ0v) is 14.0. The minimum atomic E-state index is -0.147. The summed E-state index contributed by atoms with van der Waals surface area (Å²) in [6.45, 7) is 7.30. The lowest BCUT2D eigenvalue weighted by atomic mass is 9.84. The number of fused-ring (bicyclic) bond motifs is 1. The summed E-state index contributed by atoms with van der Waals surface area (Å²) in [5, 5.41) is 6.42. The van der Waals surface area contributed by atoms with Crippen molar-refractivity contribution >= 4 is 5.91 Å². The van der Waals surface area contributed by atoms with E-state index in [1.54, 1.807) is 0 Å². The first-order chi connectivity index (χ1) is 11.0. The highest BCUT2D eigenvalue weighted by molar-refractivity contribution is 5.76. The Morgan fingerprint density at radius 1 is 1.35 bits per heavy atom. The molecule has 1 unspecified atom stereocenters. The van der Waals surface area contributed by atoms with Gasteiger partial charge in [0.05, 0.1) is 0 Å². The second kappa shape index (κ2) is 6.79. The Morgan fingerprint density at radius 2 is 2.17 bits per heavy atom. The van der Waals surface area contributed by atoms with Crippen LogP contribution in [-0.2, 0) is 10.2 Å². The number of carbonyl (C=O) groups is 1. The van der Waals surface area contributed by atoms with Crippen molar-refractivity contribution in [3.63, 3.8) is 0 Å². The third kappa shape index (κ3) is 3.96. The smallest absolute Gasteiger partial charge is 0.231 e. The molecule has 0 spiro atoms. The molecule has 5 nitrogen and oxygen atoms in total. The Labute approximate surface area is 137 Å². The van der Waals surface area contributed by atoms with Gasteiger partial charge in [-0.05, 0) is 49.5 Å². The summed E-state index contributed by atoms with van der Waals surface area (Å²) < 4.78 is 10.8. The molecule has 0 bridgehead atoms. The first kappa shape index (κ1) is 16.1. The Morgan fingerprint density at radius 3 is 2.96 bits per heavy atom. The Hall–Kier alpha value is -1.75. The average Bonchev–Trinajstić information content (AvgIpc) is 3.21. The number of hydrogen-bond acceptors (Lipinski definition) is 4. The molecule has 0 saturated carbocycles. The first-order valence-electron chi connectivity index (χ1n) is 8.42. The van der Waals surface area contributed by atoms with Crippen molar-refractivity contribution in [2.24, 2.45) is 5.92 Å². The quantitative estimate of drug-likeness (QED) is 0.844. The molecular weight excluding hydrogens is 292 g/mol. The van der Waals surface area contributed by atoms with Crippen molar-refractivity contribution in [2.75, 3.05) is 26.4 Å². The first-order valence-corrected chi connectivity index (χ1v) is 8.42. The third-order valence-corrected chi connectivity index (χ3v) is 4.82. The van der Waals surface area contributed by atoms with E-state index in [1.807, 2.05) is 18.2 Å². The van der Waals surface area contributed by atoms with Gasteiger partial charge in [-0.1, -0.05) is 19.9 Å². The normalized spacial score (nSPS) is 19.8. The van der Waals surface area contributed by atoms with Crippen LogP contribution in [0.2, 0.25) is 0 Å². The van der Waals surface area contributed by atoms with Crippen LogP contribution in [0, 0.1) is 5.92 Å². The van der Waals surface area contributed by atoms with Gasteiger partial charge in [-0.2, -0.15) is 0 Å². The van der Waals surface area contributed by atoms with Gasteiger partial charge >= 0.3 is 0 Å². The van der Waals surface area contributed by atoms with Gasteiger partial charge in [-0.25, -0.2) is 0 Å². The van der Waals surface area contributed by atoms with Gasteiger partial charge in [0.2, 0.25) is 12.7 Å². The maximum Gasteiger partial charge on any atom is 0.231 e. The van der Waals surface area contributed by atoms with Crippen LogP contribution in [-0.4, -0.2) is 32.3 Å². The molecular formula is C18H26N2O3. The van der Waals surface area contributed by atoms with Crippen molar-refractivity contribution in [3.8, 4) is 11.5 Å². The fourth-order valence-corrected chi connectivity index (χ4v) is 3.12. The van der Waals surface area contributed by atoms with Crippen molar-refractivity contribution in [3.05, 3.63) is 23.8 Å². The monoisotopic (exact) mass is 318 g/mol. The maximum atomic E-state index is 12.1. The fraction of sp³-hybridized carbons (Fsp3) is 0.611. The lowest BCUT2D eigenvalue weighted by Crippen LogP contribution is -2.36. The highest BCUT2D eigenvalue weighted by Crippen LogP contribution is 2.36. The fourth-order valence-electron chi connectivity index (χ4n) is 3.12. The van der Waals surface area contributed by atoms with Gasteiger partial charge in [0, 0.05) is 18.4 Å². The summed E-state index contributed by atoms with van der Waals surface area (Å²) in [6.07, 6.45) is 2.78. The molecule has 1 atom stereocenters. The van der Waals surface area contributed by atoms with Crippen LogP contribution in [0.3, 0.4) is 0 Å². The average molecular weight is 318 g/mol. The lowest BCUT2D eigenvalue weighted by molar-refractivity contribution is -0.121. The lowest BCUT2D eigenvalue weighted by Gasteiger charge is -2.26. The van der Waals surface area contributed by atoms with Crippen molar-refractivity contribution < 1.29 is 14.3 Å². The molecule has 0 radical (unpaired) electrons. The molecule has 23 heavy (non-hydrogen) atoms. The number of benzene rings is 1. The summed E-state index contributed by atoms with van der Waals surface area (Å²) in [5.74, 6) is 2.38. The van der Waals surface area contributed by atoms with Gasteiger partial charge in [-0.15, -0.1) is 0 Å². The number of rotatable bonds is 6. The van der Waals surface area contributed by atoms with Gasteiger partial charge in [0.15, 0.2) is 11.5 Å². The zero-order valence-electron chi connectivity index (χ0n) is 14.0. The summed E-state index contributed by atoms with van der Waals surface area (Å²) in [5.41, 5.74) is 0.994. The highest BCUT2D eigenvalue weighted by Gasteiger charge is 2.25. The van der Waals surface area contributed by atoms with Crippen molar-refractivity contribution in [2.45, 2.75) is 38.5 Å². The zero-order chi connectivity index (χ0) is 16.3. The molecule has 1 aromatic carbocycles. The molecule has 3 rings (SSSR count). The largest absolute Gasteiger partial charge is 0.454 e. The Kier molecular flexibility index (Phi) is 4.76. The van der Waals surface area contributed by atoms with E-state index < -0.39 is 0 Å². The van der Waals surface area contributed by atoms with Crippen LogP contribution in [0.1, 0.15) is 38.7 Å². The molecule has 2 aliphatic rings. The van der Waals surface area contributed by atoms with E-state index in [9.17, 15) is 4.79 Å². The molecule has 126 valence electrons. The Bertz CT molecular complexity index is 565. The predicted octanol–water partition coefficient (Wildman–Crippen LogP) is 2.20. The molecule has 1 amide bonds. The molecule has 2 aliphatic heterocycles. The minimum absolute atomic E-state index is 0.144. The van der Waals surface area contributed by atoms with E-state index in [1.165, 1.54) is 6.42 Å². The minimum Gasteiger partial charge on any atom is -0.454 e. The molecule has 1 aromatic rings. The number of hydrogen-bond donors (Lipinski definition) is 2. The van der Waals surface area contributed by atoms with Crippen molar-refractivity contribution in [1.29, 1.82) is 0 Å². The van der Waals surface area contributed by atoms with E-state index in [0.717, 1.165) is 36.6 Å². The van der Waals surface area contributed by atoms with Crippen LogP contribution in [0.15, 0.2) is 18.2 Å². The van der Waals surface area contributed by atoms with Crippen LogP contribution >= 0.6 is 0 Å². The van der Waals surface area contributed by atoms with Gasteiger partial charge < -0.3 is 20.1 Å². The van der Waals surface area contributed by atoms with Crippen LogP contribution in [0.5, 0.6) is 11.5 Å². The van der Waals surface area contributed by atoms with Gasteiger partial charge in [-0.3, -0.25) is 4.79 Å². The molecule has 0 aliphatic carbocycles. The second-order valence-corrected chi connectivity index (χ2v) is 7.13. The topological polar surface area (TPSA) is 59.6 Å². The number of carbonyl (C=O) groups excluding carboxylic acids is 1. The second-order valence-electron chi connectivity index (χ2n) is 7.13. The van der Waals surface area contributed by atoms with Crippen LogP contribution in [0.4, 0.5) is 0 Å². The van der Waals surface area contributed by atoms with E-state index in [0.29, 0.717) is 18.9 Å². The number of ether oxygens (including phenoxy) is 2. The van der Waals surface area contributed by atoms with E-state index in [-0.39, 0.29) is 18.1 Å². The standard InChI is InChI=1S/C18H26N2O3/c1-18(2,14-4-5-15-16(9-14)23-12-22-15)11-20-17(21)6-3-13-7-8-19-10-13/h4-5,9,13,19H,3,6-8,10-12H2,1-2H3,(H,20,21). The molecule has 1 saturated heterocycles. The van der Waals surface area contributed by atoms with Gasteiger partial charge in [0.25, 0.3) is 0 Å². The molecule has 0 aromatic heterocycles. The Balaban J connectivity index is 1.50. The van der Waals surface area contributed by atoms with E-state index in [2.05, 4.69) is 24.5 Å². The summed E-state index contributed by atoms with van der Waals surface area (Å²) in [7, 11) is 0. The molecule has 1 fully saturated rings. The summed E-state index contributed by atoms with van der Waals surface area (Å²) in [4.78, 5) is 12.1. The summed E-state index contributed by atoms with van der Waals surface area (Å²) >= 11 is 0. The molecule has 5 heteroatoms. The van der Waals surface area contributed by atoms with Crippen LogP contribution in [0.25, 0.3) is 0 Å². The van der Waals surface area contributed by atoms with Crippen molar-refractivity contribution in [1.82, 2.24) is 10.6 Å². The third-order valence-electron chi connectivity index (χ3n) is 4.82.